The van der Waals surface area contributed by atoms with Gasteiger partial charge in [0.15, 0.2) is 6.10 Å². The van der Waals surface area contributed by atoms with E-state index in [1.54, 1.807) is 25.3 Å². The number of esters is 1. The summed E-state index contributed by atoms with van der Waals surface area (Å²) < 4.78 is 4.64. The molecular formula is C9H11NO3. The number of carbonyl (C=O) groups excluding carboxylic acids is 1. The minimum Gasteiger partial charge on any atom is -0.464 e. The maximum Gasteiger partial charge on any atom is 0.339 e. The van der Waals surface area contributed by atoms with Crippen LogP contribution in [-0.4, -0.2) is 22.7 Å². The first-order chi connectivity index (χ1) is 6.25. The molecule has 0 saturated carbocycles. The number of carbonyl (C=O) groups is 1. The maximum absolute atomic E-state index is 11.0. The van der Waals surface area contributed by atoms with Crippen LogP contribution in [0.1, 0.15) is 18.6 Å². The number of ether oxygens (including phenoxy) is 1. The molecule has 0 fully saturated rings. The number of hydrogen-bond donors (Lipinski definition) is 1. The molecule has 0 aliphatic carbocycles. The van der Waals surface area contributed by atoms with E-state index in [1.165, 1.54) is 6.20 Å². The SMILES string of the molecule is CCOC(=O)[C@H](O)c1cccnc1. The van der Waals surface area contributed by atoms with Gasteiger partial charge >= 0.3 is 5.97 Å². The second-order valence-electron chi connectivity index (χ2n) is 2.44. The number of aliphatic hydroxyl groups is 1. The molecule has 1 aromatic heterocycles. The van der Waals surface area contributed by atoms with E-state index in [0.29, 0.717) is 5.56 Å². The minimum atomic E-state index is -1.23. The lowest BCUT2D eigenvalue weighted by Crippen LogP contribution is -2.15. The van der Waals surface area contributed by atoms with Crippen molar-refractivity contribution in [2.24, 2.45) is 0 Å². The van der Waals surface area contributed by atoms with E-state index in [9.17, 15) is 9.90 Å². The molecule has 70 valence electrons. The van der Waals surface area contributed by atoms with Crippen LogP contribution < -0.4 is 0 Å². The topological polar surface area (TPSA) is 59.4 Å². The highest BCUT2D eigenvalue weighted by Gasteiger charge is 2.17. The summed E-state index contributed by atoms with van der Waals surface area (Å²) in [4.78, 5) is 14.8. The first-order valence-corrected chi connectivity index (χ1v) is 4.00. The fourth-order valence-corrected chi connectivity index (χ4v) is 0.895. The molecular weight excluding hydrogens is 170 g/mol. The molecule has 1 atom stereocenters. The van der Waals surface area contributed by atoms with Crippen LogP contribution in [-0.2, 0) is 9.53 Å². The summed E-state index contributed by atoms with van der Waals surface area (Å²) in [7, 11) is 0. The minimum absolute atomic E-state index is 0.260. The van der Waals surface area contributed by atoms with Gasteiger partial charge in [0, 0.05) is 18.0 Å². The molecule has 0 bridgehead atoms. The zero-order chi connectivity index (χ0) is 9.68. The lowest BCUT2D eigenvalue weighted by Gasteiger charge is -2.08. The molecule has 0 amide bonds. The van der Waals surface area contributed by atoms with Gasteiger partial charge < -0.3 is 9.84 Å². The summed E-state index contributed by atoms with van der Waals surface area (Å²) in [5.74, 6) is -0.643. The summed E-state index contributed by atoms with van der Waals surface area (Å²) in [6.45, 7) is 1.95. The largest absolute Gasteiger partial charge is 0.464 e. The van der Waals surface area contributed by atoms with E-state index in [0.717, 1.165) is 0 Å². The zero-order valence-electron chi connectivity index (χ0n) is 7.30. The third-order valence-corrected chi connectivity index (χ3v) is 1.51. The van der Waals surface area contributed by atoms with Crippen LogP contribution in [0.4, 0.5) is 0 Å². The van der Waals surface area contributed by atoms with E-state index < -0.39 is 12.1 Å². The van der Waals surface area contributed by atoms with Crippen molar-refractivity contribution >= 4 is 5.97 Å². The molecule has 0 aromatic carbocycles. The molecule has 4 nitrogen and oxygen atoms in total. The van der Waals surface area contributed by atoms with Gasteiger partial charge in [-0.3, -0.25) is 4.98 Å². The third kappa shape index (κ3) is 2.52. The molecule has 4 heteroatoms. The Labute approximate surface area is 76.2 Å². The Balaban J connectivity index is 2.68. The molecule has 0 radical (unpaired) electrons. The van der Waals surface area contributed by atoms with Crippen LogP contribution >= 0.6 is 0 Å². The van der Waals surface area contributed by atoms with E-state index in [4.69, 9.17) is 0 Å². The lowest BCUT2D eigenvalue weighted by molar-refractivity contribution is -0.153. The van der Waals surface area contributed by atoms with Crippen molar-refractivity contribution in [3.05, 3.63) is 30.1 Å². The van der Waals surface area contributed by atoms with Crippen LogP contribution in [0.3, 0.4) is 0 Å². The first-order valence-electron chi connectivity index (χ1n) is 4.00. The van der Waals surface area contributed by atoms with Gasteiger partial charge in [-0.25, -0.2) is 4.79 Å². The fourth-order valence-electron chi connectivity index (χ4n) is 0.895. The Morgan fingerprint density at radius 1 is 1.77 bits per heavy atom. The number of pyridine rings is 1. The summed E-state index contributed by atoms with van der Waals surface area (Å²) >= 11 is 0. The van der Waals surface area contributed by atoms with Crippen molar-refractivity contribution in [2.45, 2.75) is 13.0 Å². The van der Waals surface area contributed by atoms with Gasteiger partial charge in [0.1, 0.15) is 0 Å². The van der Waals surface area contributed by atoms with E-state index in [-0.39, 0.29) is 6.61 Å². The molecule has 1 N–H and O–H groups in total. The van der Waals surface area contributed by atoms with Crippen molar-refractivity contribution in [2.75, 3.05) is 6.61 Å². The first kappa shape index (κ1) is 9.67. The molecule has 0 aliphatic heterocycles. The molecule has 0 spiro atoms. The van der Waals surface area contributed by atoms with Crippen LogP contribution in [0.25, 0.3) is 0 Å². The van der Waals surface area contributed by atoms with Gasteiger partial charge in [-0.1, -0.05) is 6.07 Å². The summed E-state index contributed by atoms with van der Waals surface area (Å²) in [5.41, 5.74) is 0.445. The number of aromatic nitrogens is 1. The molecule has 0 saturated heterocycles. The highest BCUT2D eigenvalue weighted by molar-refractivity contribution is 5.75. The third-order valence-electron chi connectivity index (χ3n) is 1.51. The molecule has 13 heavy (non-hydrogen) atoms. The molecule has 1 rings (SSSR count). The van der Waals surface area contributed by atoms with Gasteiger partial charge in [-0.05, 0) is 13.0 Å². The molecule has 0 unspecified atom stereocenters. The summed E-state index contributed by atoms with van der Waals surface area (Å²) in [6.07, 6.45) is 1.77. The Kier molecular flexibility index (Phi) is 3.40. The molecule has 1 aromatic rings. The number of hydrogen-bond acceptors (Lipinski definition) is 4. The number of rotatable bonds is 3. The summed E-state index contributed by atoms with van der Waals surface area (Å²) in [5, 5.41) is 9.41. The van der Waals surface area contributed by atoms with E-state index in [1.807, 2.05) is 0 Å². The summed E-state index contributed by atoms with van der Waals surface area (Å²) in [6, 6.07) is 3.27. The molecule has 1 heterocycles. The van der Waals surface area contributed by atoms with Crippen molar-refractivity contribution in [1.82, 2.24) is 4.98 Å². The van der Waals surface area contributed by atoms with Crippen molar-refractivity contribution in [3.8, 4) is 0 Å². The van der Waals surface area contributed by atoms with Crippen LogP contribution in [0.2, 0.25) is 0 Å². The monoisotopic (exact) mass is 181 g/mol. The average molecular weight is 181 g/mol. The zero-order valence-corrected chi connectivity index (χ0v) is 7.30. The predicted molar refractivity (Wildman–Crippen MR) is 45.8 cm³/mol. The fraction of sp³-hybridized carbons (Fsp3) is 0.333. The van der Waals surface area contributed by atoms with Crippen molar-refractivity contribution in [3.63, 3.8) is 0 Å². The Hall–Kier alpha value is -1.42. The quantitative estimate of drug-likeness (QED) is 0.696. The van der Waals surface area contributed by atoms with Gasteiger partial charge in [-0.15, -0.1) is 0 Å². The Morgan fingerprint density at radius 2 is 2.54 bits per heavy atom. The number of aliphatic hydroxyl groups excluding tert-OH is 1. The number of nitrogens with zero attached hydrogens (tertiary/aromatic N) is 1. The van der Waals surface area contributed by atoms with Crippen LogP contribution in [0, 0.1) is 0 Å². The van der Waals surface area contributed by atoms with Crippen LogP contribution in [0.15, 0.2) is 24.5 Å². The lowest BCUT2D eigenvalue weighted by atomic mass is 10.2. The second kappa shape index (κ2) is 4.57. The Bertz CT molecular complexity index is 273. The normalized spacial score (nSPS) is 12.2. The van der Waals surface area contributed by atoms with E-state index in [2.05, 4.69) is 9.72 Å². The molecule has 0 aliphatic rings. The van der Waals surface area contributed by atoms with Crippen molar-refractivity contribution < 1.29 is 14.6 Å². The smallest absolute Gasteiger partial charge is 0.339 e. The van der Waals surface area contributed by atoms with Crippen LogP contribution in [0.5, 0.6) is 0 Å². The van der Waals surface area contributed by atoms with Gasteiger partial charge in [0.05, 0.1) is 6.61 Å². The highest BCUT2D eigenvalue weighted by Crippen LogP contribution is 2.11. The average Bonchev–Trinajstić information content (AvgIpc) is 2.18. The van der Waals surface area contributed by atoms with Crippen molar-refractivity contribution in [1.29, 1.82) is 0 Å². The predicted octanol–water partition coefficient (Wildman–Crippen LogP) is 0.678. The Morgan fingerprint density at radius 3 is 3.08 bits per heavy atom. The second-order valence-corrected chi connectivity index (χ2v) is 2.44. The standard InChI is InChI=1S/C9H11NO3/c1-2-13-9(12)8(11)7-4-3-5-10-6-7/h3-6,8,11H,2H2,1H3/t8-/m1/s1. The maximum atomic E-state index is 11.0. The van der Waals surface area contributed by atoms with E-state index >= 15 is 0 Å². The van der Waals surface area contributed by atoms with Gasteiger partial charge in [-0.2, -0.15) is 0 Å². The highest BCUT2D eigenvalue weighted by atomic mass is 16.5. The van der Waals surface area contributed by atoms with Gasteiger partial charge in [0.25, 0.3) is 0 Å². The van der Waals surface area contributed by atoms with Gasteiger partial charge in [0.2, 0.25) is 0 Å².